The lowest BCUT2D eigenvalue weighted by Gasteiger charge is -2.31. The molecule has 48 heavy (non-hydrogen) atoms. The summed E-state index contributed by atoms with van der Waals surface area (Å²) >= 11 is 0. The van der Waals surface area contributed by atoms with Crippen molar-refractivity contribution in [1.82, 2.24) is 15.1 Å². The fourth-order valence-corrected chi connectivity index (χ4v) is 6.15. The van der Waals surface area contributed by atoms with Crippen molar-refractivity contribution >= 4 is 23.5 Å². The van der Waals surface area contributed by atoms with Gasteiger partial charge < -0.3 is 25.8 Å². The fourth-order valence-electron chi connectivity index (χ4n) is 6.15. The predicted molar refractivity (Wildman–Crippen MR) is 186 cm³/mol. The van der Waals surface area contributed by atoms with Crippen LogP contribution in [0, 0.1) is 13.8 Å². The van der Waals surface area contributed by atoms with Gasteiger partial charge in [-0.25, -0.2) is 4.79 Å². The number of hydrogen-bond donors (Lipinski definition) is 3. The number of fused-ring (bicyclic) bond motifs is 1. The molecule has 4 aromatic rings. The second-order valence-electron chi connectivity index (χ2n) is 12.4. The average molecular weight is 652 g/mol. The number of carbonyl (C=O) groups excluding carboxylic acids is 2. The highest BCUT2D eigenvalue weighted by Crippen LogP contribution is 2.36. The van der Waals surface area contributed by atoms with Crippen molar-refractivity contribution in [3.05, 3.63) is 101 Å². The van der Waals surface area contributed by atoms with E-state index in [1.165, 1.54) is 5.56 Å². The normalized spacial score (nSPS) is 13.1. The van der Waals surface area contributed by atoms with Crippen LogP contribution < -0.4 is 20.7 Å². The number of hydrogen-bond acceptors (Lipinski definition) is 6. The summed E-state index contributed by atoms with van der Waals surface area (Å²) < 4.78 is 7.80. The molecule has 0 unspecified atom stereocenters. The Hall–Kier alpha value is -4.96. The summed E-state index contributed by atoms with van der Waals surface area (Å²) in [5.41, 5.74) is 13.2. The van der Waals surface area contributed by atoms with Crippen LogP contribution in [0.3, 0.4) is 0 Å². The maximum absolute atomic E-state index is 13.4. The molecule has 0 fully saturated rings. The Morgan fingerprint density at radius 1 is 1.04 bits per heavy atom. The highest BCUT2D eigenvalue weighted by atomic mass is 16.5. The van der Waals surface area contributed by atoms with E-state index >= 15 is 0 Å². The standard InChI is InChI=1S/C38H45N5O5/c1-26-10-5-17-35(27(26)2)48-21-9-18-36(44)43-20-8-14-32-31(13-7-16-34(32)43)30-23-40-42(25-30)24-28-11-6-12-29(22-28)37(45)41-33(38(46)47)15-3-4-19-39/h5-7,10-13,16-17,22-23,25,33H,3-4,8-9,14-15,18-21,24,39H2,1-2H3,(H,41,45)(H,46,47)/t33-/m0/s1. The minimum Gasteiger partial charge on any atom is -0.493 e. The number of aryl methyl sites for hydroxylation is 1. The summed E-state index contributed by atoms with van der Waals surface area (Å²) in [6, 6.07) is 18.3. The number of anilines is 1. The van der Waals surface area contributed by atoms with Crippen molar-refractivity contribution in [1.29, 1.82) is 0 Å². The summed E-state index contributed by atoms with van der Waals surface area (Å²) in [6.45, 7) is 6.21. The largest absolute Gasteiger partial charge is 0.493 e. The van der Waals surface area contributed by atoms with Gasteiger partial charge in [-0.3, -0.25) is 14.3 Å². The number of rotatable bonds is 15. The fraction of sp³-hybridized carbons (Fsp3) is 0.368. The first-order valence-electron chi connectivity index (χ1n) is 16.7. The van der Waals surface area contributed by atoms with Gasteiger partial charge in [-0.05, 0) is 111 Å². The van der Waals surface area contributed by atoms with Gasteiger partial charge in [-0.2, -0.15) is 5.10 Å². The van der Waals surface area contributed by atoms with Crippen LogP contribution in [0.1, 0.15) is 71.1 Å². The van der Waals surface area contributed by atoms with Crippen LogP contribution in [0.5, 0.6) is 5.75 Å². The molecule has 1 aliphatic rings. The van der Waals surface area contributed by atoms with Crippen molar-refractivity contribution in [3.63, 3.8) is 0 Å². The van der Waals surface area contributed by atoms with Gasteiger partial charge in [0.15, 0.2) is 0 Å². The number of carboxylic acid groups (broad SMARTS) is 1. The number of aliphatic carboxylic acids is 1. The molecular formula is C38H45N5O5. The summed E-state index contributed by atoms with van der Waals surface area (Å²) in [4.78, 5) is 39.8. The number of carbonyl (C=O) groups is 3. The van der Waals surface area contributed by atoms with Gasteiger partial charge in [-0.15, -0.1) is 0 Å². The van der Waals surface area contributed by atoms with Gasteiger partial charge in [0.25, 0.3) is 5.91 Å². The third-order valence-corrected chi connectivity index (χ3v) is 8.93. The minimum atomic E-state index is -1.06. The van der Waals surface area contributed by atoms with E-state index < -0.39 is 17.9 Å². The Balaban J connectivity index is 1.22. The molecule has 2 heterocycles. The highest BCUT2D eigenvalue weighted by molar-refractivity contribution is 5.97. The molecule has 0 saturated carbocycles. The Kier molecular flexibility index (Phi) is 11.6. The number of nitrogens with zero attached hydrogens (tertiary/aromatic N) is 3. The molecule has 2 amide bonds. The molecule has 0 spiro atoms. The highest BCUT2D eigenvalue weighted by Gasteiger charge is 2.25. The number of nitrogens with one attached hydrogen (secondary N) is 1. The van der Waals surface area contributed by atoms with Crippen LogP contribution >= 0.6 is 0 Å². The average Bonchev–Trinajstić information content (AvgIpc) is 3.55. The molecule has 252 valence electrons. The number of unbranched alkanes of at least 4 members (excludes halogenated alkanes) is 1. The molecule has 5 rings (SSSR count). The first-order valence-corrected chi connectivity index (χ1v) is 16.7. The first-order chi connectivity index (χ1) is 23.2. The van der Waals surface area contributed by atoms with Crippen LogP contribution in [0.25, 0.3) is 11.1 Å². The Morgan fingerprint density at radius 3 is 2.67 bits per heavy atom. The van der Waals surface area contributed by atoms with Gasteiger partial charge in [0, 0.05) is 36.0 Å². The van der Waals surface area contributed by atoms with Crippen molar-refractivity contribution < 1.29 is 24.2 Å². The molecule has 10 heteroatoms. The minimum absolute atomic E-state index is 0.0995. The van der Waals surface area contributed by atoms with Gasteiger partial charge in [0.2, 0.25) is 5.91 Å². The Bertz CT molecular complexity index is 1750. The topological polar surface area (TPSA) is 140 Å². The number of nitrogens with two attached hydrogens (primary N) is 1. The maximum Gasteiger partial charge on any atom is 0.326 e. The van der Waals surface area contributed by atoms with E-state index in [4.69, 9.17) is 10.5 Å². The second kappa shape index (κ2) is 16.2. The number of benzene rings is 3. The lowest BCUT2D eigenvalue weighted by Crippen LogP contribution is -2.40. The quantitative estimate of drug-likeness (QED) is 0.141. The van der Waals surface area contributed by atoms with Crippen LogP contribution in [-0.2, 0) is 22.6 Å². The van der Waals surface area contributed by atoms with Crippen molar-refractivity contribution in [2.45, 2.75) is 71.4 Å². The van der Waals surface area contributed by atoms with Gasteiger partial charge in [0.05, 0.1) is 19.3 Å². The van der Waals surface area contributed by atoms with Crippen LogP contribution in [0.15, 0.2) is 73.1 Å². The summed E-state index contributed by atoms with van der Waals surface area (Å²) in [6.07, 6.45) is 8.27. The Labute approximate surface area is 281 Å². The zero-order valence-corrected chi connectivity index (χ0v) is 27.8. The molecule has 4 N–H and O–H groups in total. The van der Waals surface area contributed by atoms with E-state index in [1.54, 1.807) is 18.2 Å². The Morgan fingerprint density at radius 2 is 1.85 bits per heavy atom. The lowest BCUT2D eigenvalue weighted by atomic mass is 9.93. The summed E-state index contributed by atoms with van der Waals surface area (Å²) in [5.74, 6) is -0.521. The van der Waals surface area contributed by atoms with Crippen LogP contribution in [0.4, 0.5) is 5.69 Å². The third-order valence-electron chi connectivity index (χ3n) is 8.93. The zero-order valence-electron chi connectivity index (χ0n) is 27.8. The monoisotopic (exact) mass is 651 g/mol. The van der Waals surface area contributed by atoms with E-state index in [0.29, 0.717) is 63.9 Å². The molecule has 1 aromatic heterocycles. The molecule has 0 saturated heterocycles. The molecule has 0 aliphatic carbocycles. The van der Waals surface area contributed by atoms with Gasteiger partial charge in [-0.1, -0.05) is 36.4 Å². The van der Waals surface area contributed by atoms with Gasteiger partial charge >= 0.3 is 5.97 Å². The molecule has 0 bridgehead atoms. The molecule has 3 aromatic carbocycles. The first kappa shape index (κ1) is 34.4. The van der Waals surface area contributed by atoms with Crippen molar-refractivity contribution in [2.75, 3.05) is 24.6 Å². The van der Waals surface area contributed by atoms with E-state index in [2.05, 4.69) is 29.5 Å². The van der Waals surface area contributed by atoms with E-state index in [9.17, 15) is 19.5 Å². The van der Waals surface area contributed by atoms with Crippen LogP contribution in [0.2, 0.25) is 0 Å². The number of carboxylic acids is 1. The third kappa shape index (κ3) is 8.49. The molecule has 1 atom stereocenters. The smallest absolute Gasteiger partial charge is 0.326 e. The zero-order chi connectivity index (χ0) is 34.0. The SMILES string of the molecule is Cc1cccc(OCCCC(=O)N2CCCc3c(-c4cnn(Cc5cccc(C(=O)N[C@@H](CCCCN)C(=O)O)c5)c4)cccc32)c1C. The number of ether oxygens (including phenoxy) is 1. The van der Waals surface area contributed by atoms with E-state index in [0.717, 1.165) is 52.1 Å². The van der Waals surface area contributed by atoms with Crippen molar-refractivity contribution in [2.24, 2.45) is 5.73 Å². The molecule has 0 radical (unpaired) electrons. The van der Waals surface area contributed by atoms with E-state index in [-0.39, 0.29) is 5.91 Å². The molecule has 10 nitrogen and oxygen atoms in total. The second-order valence-corrected chi connectivity index (χ2v) is 12.4. The predicted octanol–water partition coefficient (Wildman–Crippen LogP) is 5.67. The van der Waals surface area contributed by atoms with Crippen molar-refractivity contribution in [3.8, 4) is 16.9 Å². The summed E-state index contributed by atoms with van der Waals surface area (Å²) in [5, 5.41) is 16.8. The molecular weight excluding hydrogens is 606 g/mol. The molecule has 1 aliphatic heterocycles. The summed E-state index contributed by atoms with van der Waals surface area (Å²) in [7, 11) is 0. The number of amides is 2. The maximum atomic E-state index is 13.4. The van der Waals surface area contributed by atoms with Gasteiger partial charge in [0.1, 0.15) is 11.8 Å². The number of aromatic nitrogens is 2. The van der Waals surface area contributed by atoms with E-state index in [1.807, 2.05) is 59.2 Å². The van der Waals surface area contributed by atoms with Crippen LogP contribution in [-0.4, -0.2) is 58.4 Å². The lowest BCUT2D eigenvalue weighted by molar-refractivity contribution is -0.139.